The van der Waals surface area contributed by atoms with Crippen LogP contribution in [-0.2, 0) is 18.5 Å². The molecule has 0 saturated carbocycles. The summed E-state index contributed by atoms with van der Waals surface area (Å²) in [4.78, 5) is 21.1. The predicted molar refractivity (Wildman–Crippen MR) is 111 cm³/mol. The van der Waals surface area contributed by atoms with E-state index in [0.717, 1.165) is 32.5 Å². The largest absolute Gasteiger partial charge is 0.447 e. The van der Waals surface area contributed by atoms with Gasteiger partial charge in [0, 0.05) is 25.7 Å². The van der Waals surface area contributed by atoms with Crippen molar-refractivity contribution in [1.29, 1.82) is 0 Å². The van der Waals surface area contributed by atoms with Crippen molar-refractivity contribution in [2.24, 2.45) is 0 Å². The van der Waals surface area contributed by atoms with Gasteiger partial charge < -0.3 is 9.32 Å². The fourth-order valence-electron chi connectivity index (χ4n) is 3.50. The van der Waals surface area contributed by atoms with Crippen LogP contribution in [0.3, 0.4) is 0 Å². The topological polar surface area (TPSA) is 49.6 Å². The maximum absolute atomic E-state index is 12.5. The number of aromatic nitrogens is 1. The zero-order valence-electron chi connectivity index (χ0n) is 17.9. The smallest absolute Gasteiger partial charge is 0.275 e. The predicted octanol–water partition coefficient (Wildman–Crippen LogP) is 4.62. The number of benzene rings is 1. The van der Waals surface area contributed by atoms with Crippen LogP contribution in [0.15, 0.2) is 34.9 Å². The minimum atomic E-state index is -0.0126. The van der Waals surface area contributed by atoms with Crippen LogP contribution in [-0.4, -0.2) is 39.8 Å². The highest BCUT2D eigenvalue weighted by atomic mass is 16.3. The van der Waals surface area contributed by atoms with E-state index >= 15 is 0 Å². The molecule has 0 N–H and O–H groups in total. The number of nitrogens with zero attached hydrogens (tertiary/aromatic N) is 3. The van der Waals surface area contributed by atoms with Crippen molar-refractivity contribution in [3.63, 3.8) is 0 Å². The van der Waals surface area contributed by atoms with Crippen LogP contribution in [0, 0.1) is 0 Å². The van der Waals surface area contributed by atoms with E-state index in [1.54, 1.807) is 0 Å². The third-order valence-electron chi connectivity index (χ3n) is 5.44. The molecule has 0 unspecified atom stereocenters. The molecule has 1 saturated heterocycles. The van der Waals surface area contributed by atoms with Gasteiger partial charge in [-0.2, -0.15) is 0 Å². The molecule has 5 heteroatoms. The highest BCUT2D eigenvalue weighted by molar-refractivity contribution is 5.92. The third kappa shape index (κ3) is 5.02. The van der Waals surface area contributed by atoms with Crippen LogP contribution in [0.1, 0.15) is 75.0 Å². The highest BCUT2D eigenvalue weighted by Crippen LogP contribution is 2.23. The Morgan fingerprint density at radius 2 is 1.79 bits per heavy atom. The Kier molecular flexibility index (Phi) is 6.23. The zero-order valence-corrected chi connectivity index (χ0v) is 17.9. The van der Waals surface area contributed by atoms with Crippen LogP contribution in [0.25, 0.3) is 0 Å². The molecule has 1 aromatic carbocycles. The second-order valence-corrected chi connectivity index (χ2v) is 9.07. The Morgan fingerprint density at radius 1 is 1.14 bits per heavy atom. The third-order valence-corrected chi connectivity index (χ3v) is 5.44. The first-order valence-corrected chi connectivity index (χ1v) is 10.3. The molecule has 5 nitrogen and oxygen atoms in total. The van der Waals surface area contributed by atoms with Crippen molar-refractivity contribution in [3.8, 4) is 0 Å². The Labute approximate surface area is 168 Å². The summed E-state index contributed by atoms with van der Waals surface area (Å²) in [6.07, 6.45) is 3.66. The molecule has 3 rings (SSSR count). The lowest BCUT2D eigenvalue weighted by molar-refractivity contribution is 0.0787. The van der Waals surface area contributed by atoms with E-state index in [4.69, 9.17) is 4.42 Å². The summed E-state index contributed by atoms with van der Waals surface area (Å²) in [5.74, 6) is 0.587. The van der Waals surface area contributed by atoms with E-state index in [1.165, 1.54) is 17.4 Å². The molecular formula is C23H33N3O2. The molecule has 28 heavy (non-hydrogen) atoms. The highest BCUT2D eigenvalue weighted by Gasteiger charge is 2.23. The van der Waals surface area contributed by atoms with Gasteiger partial charge in [-0.05, 0) is 43.2 Å². The second kappa shape index (κ2) is 8.48. The molecular weight excluding hydrogens is 350 g/mol. The summed E-state index contributed by atoms with van der Waals surface area (Å²) in [6.45, 7) is 14.1. The summed E-state index contributed by atoms with van der Waals surface area (Å²) < 4.78 is 5.63. The number of hydrogen-bond acceptors (Lipinski definition) is 4. The molecule has 1 aliphatic rings. The average Bonchev–Trinajstić information content (AvgIpc) is 3.32. The summed E-state index contributed by atoms with van der Waals surface area (Å²) in [7, 11) is 0. The number of likely N-dealkylation sites (tertiary alicyclic amines) is 1. The summed E-state index contributed by atoms with van der Waals surface area (Å²) in [5.41, 5.74) is 3.19. The molecule has 0 bridgehead atoms. The van der Waals surface area contributed by atoms with E-state index in [9.17, 15) is 4.79 Å². The first-order valence-electron chi connectivity index (χ1n) is 10.3. The van der Waals surface area contributed by atoms with Crippen molar-refractivity contribution in [1.82, 2.24) is 14.8 Å². The van der Waals surface area contributed by atoms with Crippen molar-refractivity contribution in [2.45, 2.75) is 72.0 Å². The zero-order chi connectivity index (χ0) is 20.3. The van der Waals surface area contributed by atoms with Crippen LogP contribution >= 0.6 is 0 Å². The molecule has 1 aromatic heterocycles. The van der Waals surface area contributed by atoms with E-state index in [2.05, 4.69) is 68.8 Å². The van der Waals surface area contributed by atoms with Gasteiger partial charge in [-0.25, -0.2) is 4.98 Å². The number of carbonyl (C=O) groups is 1. The van der Waals surface area contributed by atoms with E-state index < -0.39 is 0 Å². The van der Waals surface area contributed by atoms with Crippen LogP contribution in [0.5, 0.6) is 0 Å². The normalized spacial score (nSPS) is 15.0. The molecule has 2 heterocycles. The van der Waals surface area contributed by atoms with Crippen LogP contribution < -0.4 is 0 Å². The van der Waals surface area contributed by atoms with Gasteiger partial charge in [0.05, 0.1) is 6.54 Å². The fraction of sp³-hybridized carbons (Fsp3) is 0.565. The lowest BCUT2D eigenvalue weighted by atomic mass is 9.87. The monoisotopic (exact) mass is 383 g/mol. The molecule has 152 valence electrons. The van der Waals surface area contributed by atoms with E-state index in [1.807, 2.05) is 4.90 Å². The Bertz CT molecular complexity index is 781. The minimum absolute atomic E-state index is 0.0126. The average molecular weight is 384 g/mol. The quantitative estimate of drug-likeness (QED) is 0.730. The molecule has 0 radical (unpaired) electrons. The number of hydrogen-bond donors (Lipinski definition) is 0. The first kappa shape index (κ1) is 20.6. The molecule has 0 atom stereocenters. The number of carbonyl (C=O) groups excluding carboxylic acids is 1. The Morgan fingerprint density at radius 3 is 2.36 bits per heavy atom. The summed E-state index contributed by atoms with van der Waals surface area (Å²) in [6, 6.07) is 9.17. The second-order valence-electron chi connectivity index (χ2n) is 9.07. The van der Waals surface area contributed by atoms with Crippen molar-refractivity contribution in [2.75, 3.05) is 13.1 Å². The van der Waals surface area contributed by atoms with Gasteiger partial charge in [-0.15, -0.1) is 0 Å². The number of oxazole rings is 1. The molecule has 0 aliphatic carbocycles. The Hall–Kier alpha value is -2.14. The molecule has 0 spiro atoms. The minimum Gasteiger partial charge on any atom is -0.447 e. The SMILES string of the molecule is CC(C)N(Cc1ccc(C(C)(C)C)cc1)Cc1nc(C(=O)N2CCCC2)co1. The lowest BCUT2D eigenvalue weighted by Crippen LogP contribution is -2.30. The number of rotatable bonds is 6. The fourth-order valence-corrected chi connectivity index (χ4v) is 3.50. The first-order chi connectivity index (χ1) is 13.2. The molecule has 1 aliphatic heterocycles. The van der Waals surface area contributed by atoms with Gasteiger partial charge in [-0.1, -0.05) is 45.0 Å². The Balaban J connectivity index is 1.66. The number of amides is 1. The maximum atomic E-state index is 12.5. The van der Waals surface area contributed by atoms with Gasteiger partial charge in [0.2, 0.25) is 5.89 Å². The van der Waals surface area contributed by atoms with Gasteiger partial charge >= 0.3 is 0 Å². The van der Waals surface area contributed by atoms with Crippen molar-refractivity contribution in [3.05, 3.63) is 53.2 Å². The summed E-state index contributed by atoms with van der Waals surface area (Å²) >= 11 is 0. The van der Waals surface area contributed by atoms with Gasteiger partial charge in [-0.3, -0.25) is 9.69 Å². The van der Waals surface area contributed by atoms with E-state index in [-0.39, 0.29) is 11.3 Å². The van der Waals surface area contributed by atoms with Gasteiger partial charge in [0.15, 0.2) is 5.69 Å². The molecule has 2 aromatic rings. The lowest BCUT2D eigenvalue weighted by Gasteiger charge is -2.25. The molecule has 1 amide bonds. The maximum Gasteiger partial charge on any atom is 0.275 e. The van der Waals surface area contributed by atoms with Crippen LogP contribution in [0.4, 0.5) is 0 Å². The van der Waals surface area contributed by atoms with Crippen molar-refractivity contribution >= 4 is 5.91 Å². The summed E-state index contributed by atoms with van der Waals surface area (Å²) in [5, 5.41) is 0. The van der Waals surface area contributed by atoms with Gasteiger partial charge in [0.25, 0.3) is 5.91 Å². The molecule has 1 fully saturated rings. The standard InChI is InChI=1S/C23H33N3O2/c1-17(2)26(14-18-8-10-19(11-9-18)23(3,4)5)15-21-24-20(16-28-21)22(27)25-12-6-7-13-25/h8-11,16-17H,6-7,12-15H2,1-5H3. The van der Waals surface area contributed by atoms with E-state index in [0.29, 0.717) is 24.2 Å². The van der Waals surface area contributed by atoms with Crippen molar-refractivity contribution < 1.29 is 9.21 Å². The van der Waals surface area contributed by atoms with Crippen LogP contribution in [0.2, 0.25) is 0 Å². The van der Waals surface area contributed by atoms with Gasteiger partial charge in [0.1, 0.15) is 6.26 Å².